The second-order valence-electron chi connectivity index (χ2n) is 28.5. The number of rotatable bonds is 63. The molecule has 19 heteroatoms. The highest BCUT2D eigenvalue weighted by atomic mass is 16.8. The minimum Gasteiger partial charge on any atom is -0.394 e. The van der Waals surface area contributed by atoms with E-state index < -0.39 is 124 Å². The molecule has 12 N–H and O–H groups in total. The molecule has 0 aliphatic carbocycles. The third kappa shape index (κ3) is 40.1. The average molecular weight is 1400 g/mol. The molecule has 1 amide bonds. The molecule has 0 radical (unpaired) electrons. The number of nitrogens with one attached hydrogen (secondary N) is 1. The van der Waals surface area contributed by atoms with Crippen LogP contribution in [0.25, 0.3) is 0 Å². The van der Waals surface area contributed by atoms with Gasteiger partial charge < -0.3 is 89.9 Å². The van der Waals surface area contributed by atoms with Crippen molar-refractivity contribution in [2.75, 3.05) is 26.4 Å². The van der Waals surface area contributed by atoms with E-state index >= 15 is 0 Å². The van der Waals surface area contributed by atoms with Crippen LogP contribution in [0.2, 0.25) is 0 Å². The van der Waals surface area contributed by atoms with Gasteiger partial charge in [0.25, 0.3) is 0 Å². The Morgan fingerprint density at radius 1 is 0.367 bits per heavy atom. The van der Waals surface area contributed by atoms with Crippen LogP contribution in [0.15, 0.2) is 48.6 Å². The lowest BCUT2D eigenvalue weighted by molar-refractivity contribution is -0.379. The molecule has 0 spiro atoms. The van der Waals surface area contributed by atoms with Crippen LogP contribution in [0.4, 0.5) is 0 Å². The Labute approximate surface area is 593 Å². The molecule has 574 valence electrons. The molecule has 17 atom stereocenters. The first-order valence-electron chi connectivity index (χ1n) is 39.9. The van der Waals surface area contributed by atoms with Crippen LogP contribution < -0.4 is 5.32 Å². The van der Waals surface area contributed by atoms with E-state index in [1.54, 1.807) is 6.08 Å². The molecular weight excluding hydrogens is 1250 g/mol. The van der Waals surface area contributed by atoms with Gasteiger partial charge in [0, 0.05) is 6.42 Å². The van der Waals surface area contributed by atoms with Gasteiger partial charge in [-0.2, -0.15) is 0 Å². The summed E-state index contributed by atoms with van der Waals surface area (Å²) in [6.07, 6.45) is 48.0. The molecule has 0 aromatic heterocycles. The average Bonchev–Trinajstić information content (AvgIpc) is 0.785. The van der Waals surface area contributed by atoms with E-state index in [-0.39, 0.29) is 18.9 Å². The van der Waals surface area contributed by atoms with Gasteiger partial charge in [-0.05, 0) is 57.8 Å². The molecule has 3 heterocycles. The van der Waals surface area contributed by atoms with Crippen molar-refractivity contribution in [2.45, 2.75) is 420 Å². The summed E-state index contributed by atoms with van der Waals surface area (Å²) in [4.78, 5) is 13.5. The van der Waals surface area contributed by atoms with Crippen molar-refractivity contribution in [3.63, 3.8) is 0 Å². The molecule has 0 aromatic carbocycles. The fourth-order valence-electron chi connectivity index (χ4n) is 13.4. The molecule has 98 heavy (non-hydrogen) atoms. The summed E-state index contributed by atoms with van der Waals surface area (Å²) in [5.74, 6) is -0.274. The van der Waals surface area contributed by atoms with Crippen molar-refractivity contribution in [1.82, 2.24) is 5.32 Å². The van der Waals surface area contributed by atoms with E-state index in [2.05, 4.69) is 55.6 Å². The fraction of sp³-hybridized carbons (Fsp3) is 0.886. The van der Waals surface area contributed by atoms with Crippen molar-refractivity contribution >= 4 is 5.91 Å². The molecule has 17 unspecified atom stereocenters. The molecular formula is C79H145NO18. The second-order valence-corrected chi connectivity index (χ2v) is 28.5. The van der Waals surface area contributed by atoms with Gasteiger partial charge >= 0.3 is 0 Å². The predicted molar refractivity (Wildman–Crippen MR) is 388 cm³/mol. The van der Waals surface area contributed by atoms with Gasteiger partial charge in [-0.3, -0.25) is 4.79 Å². The van der Waals surface area contributed by atoms with Crippen molar-refractivity contribution < 1.29 is 89.4 Å². The predicted octanol–water partition coefficient (Wildman–Crippen LogP) is 12.9. The summed E-state index contributed by atoms with van der Waals surface area (Å²) in [5.41, 5.74) is 0. The molecule has 3 rings (SSSR count). The summed E-state index contributed by atoms with van der Waals surface area (Å²) < 4.78 is 34.5. The Hall–Kier alpha value is -2.25. The molecule has 19 nitrogen and oxygen atoms in total. The number of unbranched alkanes of at least 4 members (excludes halogenated alkanes) is 41. The summed E-state index contributed by atoms with van der Waals surface area (Å²) in [6.45, 7) is 1.76. The van der Waals surface area contributed by atoms with E-state index in [0.717, 1.165) is 64.2 Å². The Bertz CT molecular complexity index is 1960. The number of hydrogen-bond donors (Lipinski definition) is 12. The largest absolute Gasteiger partial charge is 0.394 e. The quantitative estimate of drug-likeness (QED) is 0.0199. The lowest BCUT2D eigenvalue weighted by Gasteiger charge is -2.48. The lowest BCUT2D eigenvalue weighted by Crippen LogP contribution is -2.66. The summed E-state index contributed by atoms with van der Waals surface area (Å²) >= 11 is 0. The molecule has 3 fully saturated rings. The molecule has 3 aliphatic heterocycles. The number of aliphatic hydroxyl groups is 11. The maximum absolute atomic E-state index is 13.5. The van der Waals surface area contributed by atoms with Gasteiger partial charge in [0.2, 0.25) is 5.91 Å². The zero-order chi connectivity index (χ0) is 71.1. The van der Waals surface area contributed by atoms with Gasteiger partial charge in [-0.15, -0.1) is 0 Å². The fourth-order valence-corrected chi connectivity index (χ4v) is 13.4. The number of carbonyl (C=O) groups excluding carboxylic acids is 1. The van der Waals surface area contributed by atoms with Crippen LogP contribution >= 0.6 is 0 Å². The minimum absolute atomic E-state index is 0.241. The zero-order valence-electron chi connectivity index (χ0n) is 61.3. The third-order valence-electron chi connectivity index (χ3n) is 19.9. The lowest BCUT2D eigenvalue weighted by atomic mass is 9.96. The first kappa shape index (κ1) is 90.0. The number of carbonyl (C=O) groups is 1. The maximum atomic E-state index is 13.5. The van der Waals surface area contributed by atoms with Gasteiger partial charge in [0.1, 0.15) is 73.2 Å². The topological polar surface area (TPSA) is 307 Å². The highest BCUT2D eigenvalue weighted by molar-refractivity contribution is 5.76. The minimum atomic E-state index is -1.98. The third-order valence-corrected chi connectivity index (χ3v) is 19.9. The van der Waals surface area contributed by atoms with Gasteiger partial charge in [-0.25, -0.2) is 0 Å². The molecule has 0 saturated carbocycles. The van der Waals surface area contributed by atoms with Gasteiger partial charge in [-0.1, -0.05) is 300 Å². The van der Waals surface area contributed by atoms with Gasteiger partial charge in [0.05, 0.1) is 38.6 Å². The van der Waals surface area contributed by atoms with E-state index in [9.17, 15) is 61.0 Å². The van der Waals surface area contributed by atoms with Crippen LogP contribution in [0.5, 0.6) is 0 Å². The van der Waals surface area contributed by atoms with Crippen molar-refractivity contribution in [1.29, 1.82) is 0 Å². The van der Waals surface area contributed by atoms with Gasteiger partial charge in [0.15, 0.2) is 18.9 Å². The Balaban J connectivity index is 1.39. The highest BCUT2D eigenvalue weighted by Gasteiger charge is 2.54. The number of aliphatic hydroxyl groups excluding tert-OH is 11. The smallest absolute Gasteiger partial charge is 0.220 e. The number of ether oxygens (including phenoxy) is 6. The molecule has 0 aromatic rings. The standard InChI is InChI=1S/C79H145NO18/c1-3-5-7-9-11-13-15-17-19-21-23-25-27-29-31-33-35-37-39-41-43-45-47-49-51-53-55-57-67(85)80-62(63(84)56-54-52-50-48-46-44-42-40-38-36-34-32-30-28-26-24-22-20-18-16-14-12-10-8-6-4-2)61-93-77-73(91)70(88)75(65(59-82)95-77)98-79-74(92)71(89)76(66(60-83)96-79)97-78-72(90)69(87)68(86)64(58-81)94-78/h15,17,21,23,27,29,54,56,62-66,68-79,81-84,86-92H,3-14,16,18-20,22,24-26,28,30-53,55,57-61H2,1-2H3,(H,80,85)/b17-15-,23-21-,29-27-,56-54+. The first-order valence-corrected chi connectivity index (χ1v) is 39.9. The van der Waals surface area contributed by atoms with Crippen LogP contribution in [0.3, 0.4) is 0 Å². The van der Waals surface area contributed by atoms with E-state index in [4.69, 9.17) is 28.4 Å². The van der Waals surface area contributed by atoms with Crippen LogP contribution in [-0.2, 0) is 33.2 Å². The Morgan fingerprint density at radius 3 is 1.05 bits per heavy atom. The van der Waals surface area contributed by atoms with Crippen molar-refractivity contribution in [3.8, 4) is 0 Å². The molecule has 3 aliphatic rings. The highest BCUT2D eigenvalue weighted by Crippen LogP contribution is 2.33. The maximum Gasteiger partial charge on any atom is 0.220 e. The Morgan fingerprint density at radius 2 is 0.673 bits per heavy atom. The summed E-state index contributed by atoms with van der Waals surface area (Å²) in [6, 6.07) is -0.977. The van der Waals surface area contributed by atoms with Crippen LogP contribution in [0.1, 0.15) is 316 Å². The van der Waals surface area contributed by atoms with Crippen LogP contribution in [-0.4, -0.2) is 193 Å². The zero-order valence-corrected chi connectivity index (χ0v) is 61.3. The van der Waals surface area contributed by atoms with E-state index in [1.165, 1.54) is 225 Å². The van der Waals surface area contributed by atoms with Crippen molar-refractivity contribution in [2.24, 2.45) is 0 Å². The normalized spacial score (nSPS) is 27.0. The van der Waals surface area contributed by atoms with Crippen LogP contribution in [0, 0.1) is 0 Å². The monoisotopic (exact) mass is 1400 g/mol. The first-order chi connectivity index (χ1) is 47.8. The van der Waals surface area contributed by atoms with E-state index in [0.29, 0.717) is 6.42 Å². The molecule has 3 saturated heterocycles. The number of allylic oxidation sites excluding steroid dienone is 7. The SMILES string of the molecule is CCCCCCC/C=C\C/C=C\C/C=C\CCCCCCCCCCCCCCC(=O)NC(COC1OC(CO)C(OC2OC(CO)C(OC3OC(CO)C(O)C(O)C3O)C(O)C2O)C(O)C1O)C(O)/C=C/CCCCCCCCCCCCCCCCCCCCCCCCCC. The summed E-state index contributed by atoms with van der Waals surface area (Å²) in [5, 5.41) is 121. The number of amides is 1. The van der Waals surface area contributed by atoms with Crippen molar-refractivity contribution in [3.05, 3.63) is 48.6 Å². The second kappa shape index (κ2) is 60.1. The summed E-state index contributed by atoms with van der Waals surface area (Å²) in [7, 11) is 0. The Kier molecular flexibility index (Phi) is 55.1. The number of hydrogen-bond acceptors (Lipinski definition) is 18. The molecule has 0 bridgehead atoms. The van der Waals surface area contributed by atoms with E-state index in [1.807, 2.05) is 6.08 Å².